The van der Waals surface area contributed by atoms with Crippen LogP contribution in [0.25, 0.3) is 0 Å². The van der Waals surface area contributed by atoms with Crippen LogP contribution in [-0.4, -0.2) is 58.7 Å². The Hall–Kier alpha value is -1.69. The average Bonchev–Trinajstić information content (AvgIpc) is 2.96. The Morgan fingerprint density at radius 3 is 2.88 bits per heavy atom. The zero-order valence-electron chi connectivity index (χ0n) is 14.4. The second-order valence-corrected chi connectivity index (χ2v) is 7.70. The van der Waals surface area contributed by atoms with Gasteiger partial charge in [0.2, 0.25) is 5.91 Å². The van der Waals surface area contributed by atoms with Gasteiger partial charge in [0.1, 0.15) is 0 Å². The number of nitrogens with zero attached hydrogens (tertiary/aromatic N) is 4. The van der Waals surface area contributed by atoms with Gasteiger partial charge in [-0.1, -0.05) is 0 Å². The number of fused-ring (bicyclic) bond motifs is 1. The summed E-state index contributed by atoms with van der Waals surface area (Å²) in [6, 6.07) is 1.76. The van der Waals surface area contributed by atoms with E-state index in [1.807, 2.05) is 4.90 Å². The van der Waals surface area contributed by atoms with Crippen molar-refractivity contribution in [3.63, 3.8) is 0 Å². The lowest BCUT2D eigenvalue weighted by Gasteiger charge is -2.42. The third-order valence-electron chi connectivity index (χ3n) is 5.70. The van der Waals surface area contributed by atoms with E-state index in [1.165, 1.54) is 0 Å². The van der Waals surface area contributed by atoms with Gasteiger partial charge in [-0.3, -0.25) is 9.59 Å². The summed E-state index contributed by atoms with van der Waals surface area (Å²) in [5.41, 5.74) is 2.23. The van der Waals surface area contributed by atoms with E-state index >= 15 is 0 Å². The Kier molecular flexibility index (Phi) is 4.16. The molecule has 4 rings (SSSR count). The van der Waals surface area contributed by atoms with Gasteiger partial charge in [-0.25, -0.2) is 4.68 Å². The predicted octanol–water partition coefficient (Wildman–Crippen LogP) is 0.532. The van der Waals surface area contributed by atoms with Crippen molar-refractivity contribution in [2.75, 3.05) is 33.2 Å². The molecular weight excluding hydrogens is 304 g/mol. The molecule has 0 aromatic carbocycles. The highest BCUT2D eigenvalue weighted by atomic mass is 16.2. The Labute approximate surface area is 142 Å². The number of amides is 1. The fourth-order valence-electron chi connectivity index (χ4n) is 4.31. The third kappa shape index (κ3) is 2.99. The van der Waals surface area contributed by atoms with E-state index in [9.17, 15) is 9.59 Å². The summed E-state index contributed by atoms with van der Waals surface area (Å²) in [7, 11) is 2.09. The number of carbonyl (C=O) groups is 1. The van der Waals surface area contributed by atoms with Gasteiger partial charge in [0.25, 0.3) is 5.56 Å². The van der Waals surface area contributed by atoms with E-state index in [0.717, 1.165) is 69.5 Å². The molecule has 6 heteroatoms. The van der Waals surface area contributed by atoms with Crippen LogP contribution >= 0.6 is 0 Å². The van der Waals surface area contributed by atoms with Gasteiger partial charge >= 0.3 is 0 Å². The van der Waals surface area contributed by atoms with Gasteiger partial charge in [-0.15, -0.1) is 0 Å². The monoisotopic (exact) mass is 330 g/mol. The standard InChI is InChI=1S/C18H26N4O2/c1-20-7-3-5-15(12-20)18(24)21-9-13(10-21)11-22-17(23)8-14-4-2-6-16(14)19-22/h8,13,15H,2-7,9-12H2,1H3. The van der Waals surface area contributed by atoms with Crippen molar-refractivity contribution >= 4 is 5.91 Å². The van der Waals surface area contributed by atoms with Crippen molar-refractivity contribution in [2.45, 2.75) is 38.6 Å². The van der Waals surface area contributed by atoms with Gasteiger partial charge in [-0.05, 0) is 51.3 Å². The Bertz CT molecular complexity index is 693. The van der Waals surface area contributed by atoms with Gasteiger partial charge < -0.3 is 9.80 Å². The molecule has 0 N–H and O–H groups in total. The lowest BCUT2D eigenvalue weighted by atomic mass is 9.92. The number of rotatable bonds is 3. The molecule has 3 aliphatic rings. The molecule has 1 aromatic heterocycles. The molecule has 130 valence electrons. The topological polar surface area (TPSA) is 58.4 Å². The first kappa shape index (κ1) is 15.8. The Morgan fingerprint density at radius 2 is 2.08 bits per heavy atom. The summed E-state index contributed by atoms with van der Waals surface area (Å²) < 4.78 is 1.62. The molecule has 0 saturated carbocycles. The molecule has 1 unspecified atom stereocenters. The molecule has 0 bridgehead atoms. The summed E-state index contributed by atoms with van der Waals surface area (Å²) in [6.45, 7) is 4.15. The number of hydrogen-bond donors (Lipinski definition) is 0. The van der Waals surface area contributed by atoms with Crippen molar-refractivity contribution in [1.29, 1.82) is 0 Å². The molecule has 2 saturated heterocycles. The first-order valence-electron chi connectivity index (χ1n) is 9.17. The molecule has 1 aliphatic carbocycles. The van der Waals surface area contributed by atoms with Crippen LogP contribution < -0.4 is 5.56 Å². The van der Waals surface area contributed by atoms with Crippen LogP contribution in [0.4, 0.5) is 0 Å². The molecule has 0 radical (unpaired) electrons. The van der Waals surface area contributed by atoms with Gasteiger partial charge in [0.05, 0.1) is 18.2 Å². The van der Waals surface area contributed by atoms with E-state index < -0.39 is 0 Å². The highest BCUT2D eigenvalue weighted by Crippen LogP contribution is 2.24. The quantitative estimate of drug-likeness (QED) is 0.811. The van der Waals surface area contributed by atoms with E-state index in [-0.39, 0.29) is 11.5 Å². The maximum absolute atomic E-state index is 12.6. The van der Waals surface area contributed by atoms with E-state index in [2.05, 4.69) is 17.0 Å². The van der Waals surface area contributed by atoms with Gasteiger partial charge in [0, 0.05) is 31.6 Å². The van der Waals surface area contributed by atoms with Crippen LogP contribution in [0.1, 0.15) is 30.5 Å². The number of aromatic nitrogens is 2. The molecule has 3 heterocycles. The van der Waals surface area contributed by atoms with Crippen LogP contribution in [-0.2, 0) is 24.2 Å². The summed E-state index contributed by atoms with van der Waals surface area (Å²) >= 11 is 0. The number of aryl methyl sites for hydroxylation is 2. The second-order valence-electron chi connectivity index (χ2n) is 7.70. The minimum absolute atomic E-state index is 0.00864. The minimum Gasteiger partial charge on any atom is -0.342 e. The molecule has 1 atom stereocenters. The van der Waals surface area contributed by atoms with Crippen molar-refractivity contribution in [3.8, 4) is 0 Å². The maximum atomic E-state index is 12.6. The third-order valence-corrected chi connectivity index (χ3v) is 5.70. The number of hydrogen-bond acceptors (Lipinski definition) is 4. The molecule has 2 aliphatic heterocycles. The Balaban J connectivity index is 1.33. The maximum Gasteiger partial charge on any atom is 0.267 e. The van der Waals surface area contributed by atoms with Crippen molar-refractivity contribution in [2.24, 2.45) is 11.8 Å². The lowest BCUT2D eigenvalue weighted by Crippen LogP contribution is -2.55. The molecule has 24 heavy (non-hydrogen) atoms. The molecule has 1 amide bonds. The first-order chi connectivity index (χ1) is 11.6. The van der Waals surface area contributed by atoms with Crippen LogP contribution in [0.2, 0.25) is 0 Å². The first-order valence-corrected chi connectivity index (χ1v) is 9.17. The van der Waals surface area contributed by atoms with Crippen LogP contribution in [0.15, 0.2) is 10.9 Å². The van der Waals surface area contributed by atoms with Crippen LogP contribution in [0.5, 0.6) is 0 Å². The van der Waals surface area contributed by atoms with E-state index in [0.29, 0.717) is 18.4 Å². The van der Waals surface area contributed by atoms with Crippen LogP contribution in [0.3, 0.4) is 0 Å². The average molecular weight is 330 g/mol. The van der Waals surface area contributed by atoms with E-state index in [4.69, 9.17) is 0 Å². The zero-order valence-corrected chi connectivity index (χ0v) is 14.4. The van der Waals surface area contributed by atoms with Crippen molar-refractivity contribution < 1.29 is 4.79 Å². The summed E-state index contributed by atoms with van der Waals surface area (Å²) in [6.07, 6.45) is 5.20. The highest BCUT2D eigenvalue weighted by Gasteiger charge is 2.36. The normalized spacial score (nSPS) is 24.7. The highest BCUT2D eigenvalue weighted by molar-refractivity contribution is 5.80. The minimum atomic E-state index is 0.00864. The summed E-state index contributed by atoms with van der Waals surface area (Å²) in [5, 5.41) is 4.54. The molecule has 1 aromatic rings. The van der Waals surface area contributed by atoms with Crippen LogP contribution in [0, 0.1) is 11.8 Å². The Morgan fingerprint density at radius 1 is 1.25 bits per heavy atom. The summed E-state index contributed by atoms with van der Waals surface area (Å²) in [5.74, 6) is 0.817. The largest absolute Gasteiger partial charge is 0.342 e. The number of piperidine rings is 1. The number of carbonyl (C=O) groups excluding carboxylic acids is 1. The smallest absolute Gasteiger partial charge is 0.267 e. The van der Waals surface area contributed by atoms with Crippen molar-refractivity contribution in [3.05, 3.63) is 27.7 Å². The lowest BCUT2D eigenvalue weighted by molar-refractivity contribution is -0.144. The molecule has 2 fully saturated rings. The molecule has 6 nitrogen and oxygen atoms in total. The van der Waals surface area contributed by atoms with Gasteiger partial charge in [0.15, 0.2) is 0 Å². The number of likely N-dealkylation sites (tertiary alicyclic amines) is 2. The van der Waals surface area contributed by atoms with Gasteiger partial charge in [-0.2, -0.15) is 5.10 Å². The molecule has 0 spiro atoms. The van der Waals surface area contributed by atoms with Crippen molar-refractivity contribution in [1.82, 2.24) is 19.6 Å². The summed E-state index contributed by atoms with van der Waals surface area (Å²) in [4.78, 5) is 28.9. The fourth-order valence-corrected chi connectivity index (χ4v) is 4.31. The fraction of sp³-hybridized carbons (Fsp3) is 0.722. The second kappa shape index (κ2) is 6.31. The zero-order chi connectivity index (χ0) is 16.7. The predicted molar refractivity (Wildman–Crippen MR) is 90.8 cm³/mol. The van der Waals surface area contributed by atoms with E-state index in [1.54, 1.807) is 10.7 Å². The SMILES string of the molecule is CN1CCCC(C(=O)N2CC(Cn3nc4c(cc3=O)CCC4)C2)C1. The molecular formula is C18H26N4O2.